The Kier molecular flexibility index (Phi) is 5.42. The summed E-state index contributed by atoms with van der Waals surface area (Å²) in [6, 6.07) is 18.6. The van der Waals surface area contributed by atoms with Gasteiger partial charge in [-0.05, 0) is 59.7 Å². The monoisotopic (exact) mass is 513 g/mol. The number of hydrogen-bond acceptors (Lipinski definition) is 7. The Morgan fingerprint density at radius 2 is 1.57 bits per heavy atom. The molecule has 4 unspecified atom stereocenters. The summed E-state index contributed by atoms with van der Waals surface area (Å²) in [5, 5.41) is 6.66. The van der Waals surface area contributed by atoms with Gasteiger partial charge < -0.3 is 4.74 Å². The molecule has 0 aromatic heterocycles. The summed E-state index contributed by atoms with van der Waals surface area (Å²) >= 11 is 6.02. The number of ketones is 1. The number of carbonyl (C=O) groups excluding carboxylic acids is 4. The summed E-state index contributed by atoms with van der Waals surface area (Å²) in [5.41, 5.74) is 2.41. The Morgan fingerprint density at radius 1 is 0.892 bits per heavy atom. The van der Waals surface area contributed by atoms with E-state index in [9.17, 15) is 19.2 Å². The molecule has 0 bridgehead atoms. The molecule has 2 fully saturated rings. The predicted molar refractivity (Wildman–Crippen MR) is 135 cm³/mol. The van der Waals surface area contributed by atoms with Crippen LogP contribution < -0.4 is 9.64 Å². The number of rotatable bonds is 4. The Bertz CT molecular complexity index is 1480. The lowest BCUT2D eigenvalue weighted by Crippen LogP contribution is -2.44. The minimum atomic E-state index is -0.970. The summed E-state index contributed by atoms with van der Waals surface area (Å²) < 4.78 is 5.07. The van der Waals surface area contributed by atoms with E-state index in [1.54, 1.807) is 47.6 Å². The number of imide groups is 1. The van der Waals surface area contributed by atoms with Crippen LogP contribution in [-0.2, 0) is 14.4 Å². The van der Waals surface area contributed by atoms with Crippen LogP contribution >= 0.6 is 11.6 Å². The van der Waals surface area contributed by atoms with E-state index in [0.29, 0.717) is 22.0 Å². The van der Waals surface area contributed by atoms with Crippen molar-refractivity contribution in [1.29, 1.82) is 0 Å². The van der Waals surface area contributed by atoms with Crippen molar-refractivity contribution in [1.82, 2.24) is 5.01 Å². The van der Waals surface area contributed by atoms with E-state index in [0.717, 1.165) is 16.0 Å². The maximum absolute atomic E-state index is 13.9. The average Bonchev–Trinajstić information content (AvgIpc) is 3.37. The molecule has 3 aliphatic heterocycles. The lowest BCUT2D eigenvalue weighted by Gasteiger charge is -2.33. The molecule has 0 N–H and O–H groups in total. The van der Waals surface area contributed by atoms with Crippen molar-refractivity contribution >= 4 is 47.1 Å². The Balaban J connectivity index is 1.44. The summed E-state index contributed by atoms with van der Waals surface area (Å²) in [7, 11) is 0. The number of carbonyl (C=O) groups is 4. The molecule has 0 spiro atoms. The molecule has 3 heterocycles. The minimum absolute atomic E-state index is 0.299. The van der Waals surface area contributed by atoms with Crippen LogP contribution in [-0.4, -0.2) is 40.8 Å². The van der Waals surface area contributed by atoms with Gasteiger partial charge in [-0.3, -0.25) is 24.2 Å². The maximum atomic E-state index is 13.9. The normalized spacial score (nSPS) is 23.5. The van der Waals surface area contributed by atoms with Gasteiger partial charge in [0.1, 0.15) is 11.8 Å². The fourth-order valence-corrected chi connectivity index (χ4v) is 5.66. The molecule has 4 atom stereocenters. The number of anilines is 1. The fourth-order valence-electron chi connectivity index (χ4n) is 5.54. The third-order valence-corrected chi connectivity index (χ3v) is 7.30. The predicted octanol–water partition coefficient (Wildman–Crippen LogP) is 4.03. The smallest absolute Gasteiger partial charge is 0.308 e. The molecule has 37 heavy (non-hydrogen) atoms. The first-order valence-electron chi connectivity index (χ1n) is 11.7. The van der Waals surface area contributed by atoms with Gasteiger partial charge in [-0.15, -0.1) is 0 Å². The van der Waals surface area contributed by atoms with E-state index in [-0.39, 0.29) is 5.78 Å². The number of esters is 1. The van der Waals surface area contributed by atoms with E-state index < -0.39 is 41.7 Å². The van der Waals surface area contributed by atoms with Crippen molar-refractivity contribution in [3.8, 4) is 5.75 Å². The number of Topliss-reactive ketones (excluding diaryl/α,β-unsaturated/α-hetero) is 1. The molecule has 2 amide bonds. The van der Waals surface area contributed by atoms with Crippen LogP contribution in [0, 0.1) is 11.8 Å². The van der Waals surface area contributed by atoms with Crippen LogP contribution in [0.25, 0.3) is 0 Å². The molecule has 6 rings (SSSR count). The van der Waals surface area contributed by atoms with Gasteiger partial charge in [0.05, 0.1) is 29.8 Å². The largest absolute Gasteiger partial charge is 0.427 e. The lowest BCUT2D eigenvalue weighted by atomic mass is 9.83. The second-order valence-corrected chi connectivity index (χ2v) is 9.60. The van der Waals surface area contributed by atoms with E-state index in [1.807, 2.05) is 24.3 Å². The number of benzene rings is 3. The first-order valence-corrected chi connectivity index (χ1v) is 12.1. The summed E-state index contributed by atoms with van der Waals surface area (Å²) in [6.07, 6.45) is 1.66. The van der Waals surface area contributed by atoms with Crippen molar-refractivity contribution in [3.05, 3.63) is 94.5 Å². The van der Waals surface area contributed by atoms with Gasteiger partial charge >= 0.3 is 5.97 Å². The van der Waals surface area contributed by atoms with Crippen molar-refractivity contribution in [3.63, 3.8) is 0 Å². The van der Waals surface area contributed by atoms with Crippen LogP contribution in [0.3, 0.4) is 0 Å². The molecule has 8 nitrogen and oxygen atoms in total. The van der Waals surface area contributed by atoms with Gasteiger partial charge in [-0.2, -0.15) is 5.10 Å². The topological polar surface area (TPSA) is 96.3 Å². The van der Waals surface area contributed by atoms with E-state index in [1.165, 1.54) is 19.1 Å². The fraction of sp³-hybridized carbons (Fsp3) is 0.179. The van der Waals surface area contributed by atoms with Crippen LogP contribution in [0.2, 0.25) is 5.02 Å². The highest BCUT2D eigenvalue weighted by Crippen LogP contribution is 2.53. The summed E-state index contributed by atoms with van der Waals surface area (Å²) in [6.45, 7) is 1.29. The van der Waals surface area contributed by atoms with Gasteiger partial charge in [0.15, 0.2) is 5.78 Å². The Hall–Kier alpha value is -4.30. The third-order valence-electron chi connectivity index (χ3n) is 7.05. The zero-order valence-electron chi connectivity index (χ0n) is 19.6. The van der Waals surface area contributed by atoms with Gasteiger partial charge in [-0.25, -0.2) is 4.90 Å². The average molecular weight is 514 g/mol. The van der Waals surface area contributed by atoms with Crippen molar-refractivity contribution < 1.29 is 23.9 Å². The van der Waals surface area contributed by atoms with Gasteiger partial charge in [0.25, 0.3) is 0 Å². The zero-order valence-corrected chi connectivity index (χ0v) is 20.3. The Morgan fingerprint density at radius 3 is 2.27 bits per heavy atom. The minimum Gasteiger partial charge on any atom is -0.427 e. The number of halogens is 1. The van der Waals surface area contributed by atoms with Gasteiger partial charge in [-0.1, -0.05) is 35.9 Å². The van der Waals surface area contributed by atoms with E-state index in [2.05, 4.69) is 5.10 Å². The lowest BCUT2D eigenvalue weighted by molar-refractivity contribution is -0.132. The molecular formula is C28H20ClN3O5. The molecule has 0 radical (unpaired) electrons. The second kappa shape index (κ2) is 8.67. The van der Waals surface area contributed by atoms with Crippen LogP contribution in [0.1, 0.15) is 34.5 Å². The first kappa shape index (κ1) is 23.1. The third kappa shape index (κ3) is 3.64. The number of hydrazone groups is 1. The highest BCUT2D eigenvalue weighted by molar-refractivity contribution is 6.30. The van der Waals surface area contributed by atoms with Crippen LogP contribution in [0.15, 0.2) is 77.9 Å². The molecular weight excluding hydrogens is 494 g/mol. The molecule has 3 aliphatic rings. The van der Waals surface area contributed by atoms with Gasteiger partial charge in [0.2, 0.25) is 11.8 Å². The number of amides is 2. The second-order valence-electron chi connectivity index (χ2n) is 9.17. The van der Waals surface area contributed by atoms with E-state index in [4.69, 9.17) is 16.3 Å². The first-order chi connectivity index (χ1) is 17.8. The van der Waals surface area contributed by atoms with Crippen molar-refractivity contribution in [2.24, 2.45) is 16.9 Å². The van der Waals surface area contributed by atoms with Crippen LogP contribution in [0.5, 0.6) is 5.75 Å². The molecule has 184 valence electrons. The van der Waals surface area contributed by atoms with Crippen molar-refractivity contribution in [2.45, 2.75) is 19.0 Å². The standard InChI is InChI=1S/C28H20ClN3O5/c1-15(33)37-20-12-10-19(11-13-20)31-27(35)22-23(28(31)36)25(26(34)16-6-8-18(29)9-7-16)32-24(22)21-5-3-2-4-17(21)14-30-32/h2-14,22-25H,1H3. The number of nitrogens with zero attached hydrogens (tertiary/aromatic N) is 3. The molecule has 2 saturated heterocycles. The molecule has 3 aromatic rings. The molecule has 0 aliphatic carbocycles. The molecule has 9 heteroatoms. The number of fused-ring (bicyclic) bond motifs is 5. The summed E-state index contributed by atoms with van der Waals surface area (Å²) in [4.78, 5) is 54.0. The highest BCUT2D eigenvalue weighted by atomic mass is 35.5. The van der Waals surface area contributed by atoms with Crippen LogP contribution in [0.4, 0.5) is 5.69 Å². The van der Waals surface area contributed by atoms with Gasteiger partial charge in [0, 0.05) is 17.5 Å². The SMILES string of the molecule is CC(=O)Oc1ccc(N2C(=O)C3C(C2=O)C2c4ccccc4C=NN2C3C(=O)c2ccc(Cl)cc2)cc1. The number of ether oxygens (including phenoxy) is 1. The van der Waals surface area contributed by atoms with Crippen molar-refractivity contribution in [2.75, 3.05) is 4.90 Å². The maximum Gasteiger partial charge on any atom is 0.308 e. The van der Waals surface area contributed by atoms with E-state index >= 15 is 0 Å². The number of hydrogen-bond donors (Lipinski definition) is 0. The highest BCUT2D eigenvalue weighted by Gasteiger charge is 2.65. The summed E-state index contributed by atoms with van der Waals surface area (Å²) in [5.74, 6) is -3.09. The Labute approximate surface area is 217 Å². The zero-order chi connectivity index (χ0) is 25.8. The molecule has 3 aromatic carbocycles. The molecule has 0 saturated carbocycles. The quantitative estimate of drug-likeness (QED) is 0.226.